The van der Waals surface area contributed by atoms with Crippen LogP contribution in [0.1, 0.15) is 86.0 Å². The van der Waals surface area contributed by atoms with Gasteiger partial charge < -0.3 is 31.7 Å². The lowest BCUT2D eigenvalue weighted by Crippen LogP contribution is -2.63. The molecule has 1 aliphatic heterocycles. The SMILES string of the molecule is CC(C)(C)C(NC(=O)NC1(CO)CCCC1)C(=O)N1CC[C@H](C(C)(C)I)C1C(=O)NC(CC1CC1)C(=O)C(N)=O. The van der Waals surface area contributed by atoms with E-state index in [1.165, 1.54) is 4.90 Å². The lowest BCUT2D eigenvalue weighted by atomic mass is 9.84. The van der Waals surface area contributed by atoms with Crippen molar-refractivity contribution >= 4 is 52.1 Å². The van der Waals surface area contributed by atoms with Gasteiger partial charge in [-0.25, -0.2) is 4.79 Å². The number of Topliss-reactive ketones (excluding diaryl/α,β-unsaturated/α-hetero) is 1. The Bertz CT molecular complexity index is 996. The molecule has 1 heterocycles. The van der Waals surface area contributed by atoms with Gasteiger partial charge in [-0.2, -0.15) is 0 Å². The highest BCUT2D eigenvalue weighted by Crippen LogP contribution is 2.40. The van der Waals surface area contributed by atoms with Gasteiger partial charge in [0.25, 0.3) is 5.91 Å². The van der Waals surface area contributed by atoms with Gasteiger partial charge in [0.05, 0.1) is 18.2 Å². The number of hydrogen-bond acceptors (Lipinski definition) is 6. The van der Waals surface area contributed by atoms with Crippen molar-refractivity contribution in [1.82, 2.24) is 20.9 Å². The minimum atomic E-state index is -1.10. The van der Waals surface area contributed by atoms with Gasteiger partial charge in [0.2, 0.25) is 17.6 Å². The normalized spacial score (nSPS) is 24.2. The van der Waals surface area contributed by atoms with Crippen LogP contribution in [0.4, 0.5) is 4.79 Å². The number of aliphatic hydroxyl groups excluding tert-OH is 1. The molecule has 40 heavy (non-hydrogen) atoms. The Morgan fingerprint density at radius 2 is 1.62 bits per heavy atom. The van der Waals surface area contributed by atoms with Crippen molar-refractivity contribution in [3.63, 3.8) is 0 Å². The Kier molecular flexibility index (Phi) is 10.2. The molecule has 3 unspecified atom stereocenters. The third-order valence-corrected chi connectivity index (χ3v) is 9.40. The zero-order chi connectivity index (χ0) is 30.0. The number of amides is 5. The second-order valence-corrected chi connectivity index (χ2v) is 16.2. The van der Waals surface area contributed by atoms with Crippen molar-refractivity contribution in [3.05, 3.63) is 0 Å². The maximum Gasteiger partial charge on any atom is 0.315 e. The molecular formula is C28H46IN5O6. The van der Waals surface area contributed by atoms with Crippen LogP contribution in [0.2, 0.25) is 0 Å². The average molecular weight is 676 g/mol. The molecule has 0 aromatic rings. The van der Waals surface area contributed by atoms with E-state index in [2.05, 4.69) is 38.5 Å². The van der Waals surface area contributed by atoms with E-state index < -0.39 is 58.6 Å². The summed E-state index contributed by atoms with van der Waals surface area (Å²) in [6, 6.07) is -3.41. The van der Waals surface area contributed by atoms with Gasteiger partial charge in [-0.3, -0.25) is 19.2 Å². The maximum atomic E-state index is 14.1. The number of alkyl halides is 1. The molecule has 0 radical (unpaired) electrons. The fraction of sp³-hybridized carbons (Fsp3) is 0.821. The number of nitrogens with two attached hydrogens (primary N) is 1. The molecule has 6 N–H and O–H groups in total. The van der Waals surface area contributed by atoms with Gasteiger partial charge in [0.1, 0.15) is 12.1 Å². The number of primary amides is 1. The average Bonchev–Trinajstić information content (AvgIpc) is 3.35. The van der Waals surface area contributed by atoms with Gasteiger partial charge in [-0.1, -0.05) is 82.9 Å². The lowest BCUT2D eigenvalue weighted by molar-refractivity contribution is -0.144. The summed E-state index contributed by atoms with van der Waals surface area (Å²) in [6.07, 6.45) is 5.89. The number of halogens is 1. The van der Waals surface area contributed by atoms with Crippen LogP contribution < -0.4 is 21.7 Å². The van der Waals surface area contributed by atoms with Crippen LogP contribution in [0, 0.1) is 17.3 Å². The van der Waals surface area contributed by atoms with Crippen LogP contribution >= 0.6 is 22.6 Å². The molecule has 0 bridgehead atoms. The van der Waals surface area contributed by atoms with E-state index in [0.29, 0.717) is 32.2 Å². The van der Waals surface area contributed by atoms with Crippen molar-refractivity contribution < 1.29 is 29.1 Å². The van der Waals surface area contributed by atoms with E-state index in [9.17, 15) is 29.1 Å². The zero-order valence-corrected chi connectivity index (χ0v) is 26.5. The number of likely N-dealkylation sites (tertiary alicyclic amines) is 1. The van der Waals surface area contributed by atoms with Gasteiger partial charge >= 0.3 is 6.03 Å². The number of ketones is 1. The van der Waals surface area contributed by atoms with Gasteiger partial charge in [-0.15, -0.1) is 0 Å². The maximum absolute atomic E-state index is 14.1. The van der Waals surface area contributed by atoms with Crippen LogP contribution in [0.5, 0.6) is 0 Å². The fourth-order valence-electron chi connectivity index (χ4n) is 6.03. The number of carbonyl (C=O) groups is 5. The van der Waals surface area contributed by atoms with Gasteiger partial charge in [-0.05, 0) is 37.0 Å². The van der Waals surface area contributed by atoms with E-state index >= 15 is 0 Å². The molecule has 11 nitrogen and oxygen atoms in total. The molecule has 2 saturated carbocycles. The largest absolute Gasteiger partial charge is 0.394 e. The molecule has 4 atom stereocenters. The Hall–Kier alpha value is -1.96. The first-order valence-electron chi connectivity index (χ1n) is 14.3. The van der Waals surface area contributed by atoms with Crippen molar-refractivity contribution in [2.75, 3.05) is 13.2 Å². The first kappa shape index (κ1) is 32.6. The van der Waals surface area contributed by atoms with Crippen molar-refractivity contribution in [1.29, 1.82) is 0 Å². The highest BCUT2D eigenvalue weighted by atomic mass is 127. The smallest absolute Gasteiger partial charge is 0.315 e. The third-order valence-electron chi connectivity index (χ3n) is 8.60. The summed E-state index contributed by atoms with van der Waals surface area (Å²) < 4.78 is -0.369. The van der Waals surface area contributed by atoms with E-state index in [-0.39, 0.29) is 21.9 Å². The molecule has 0 aromatic heterocycles. The van der Waals surface area contributed by atoms with Crippen LogP contribution in [-0.2, 0) is 19.2 Å². The predicted molar refractivity (Wildman–Crippen MR) is 158 cm³/mol. The van der Waals surface area contributed by atoms with Gasteiger partial charge in [0, 0.05) is 15.9 Å². The van der Waals surface area contributed by atoms with Crippen molar-refractivity contribution in [2.24, 2.45) is 23.0 Å². The predicted octanol–water partition coefficient (Wildman–Crippen LogP) is 1.78. The van der Waals surface area contributed by atoms with Crippen LogP contribution in [-0.4, -0.2) is 79.8 Å². The minimum Gasteiger partial charge on any atom is -0.394 e. The number of hydrogen-bond donors (Lipinski definition) is 5. The molecule has 226 valence electrons. The molecule has 3 aliphatic rings. The van der Waals surface area contributed by atoms with E-state index in [1.807, 2.05) is 34.6 Å². The molecule has 1 saturated heterocycles. The second-order valence-electron chi connectivity index (χ2n) is 13.4. The first-order valence-corrected chi connectivity index (χ1v) is 15.4. The highest BCUT2D eigenvalue weighted by Gasteiger charge is 2.51. The molecule has 3 fully saturated rings. The van der Waals surface area contributed by atoms with Crippen molar-refractivity contribution in [3.8, 4) is 0 Å². The number of nitrogens with one attached hydrogen (secondary N) is 3. The zero-order valence-electron chi connectivity index (χ0n) is 24.3. The number of nitrogens with zero attached hydrogens (tertiary/aromatic N) is 1. The van der Waals surface area contributed by atoms with Crippen molar-refractivity contribution in [2.45, 2.75) is 113 Å². The first-order chi connectivity index (χ1) is 18.5. The minimum absolute atomic E-state index is 0.179. The summed E-state index contributed by atoms with van der Waals surface area (Å²) in [4.78, 5) is 66.8. The Morgan fingerprint density at radius 3 is 2.10 bits per heavy atom. The Labute approximate surface area is 250 Å². The molecule has 12 heteroatoms. The highest BCUT2D eigenvalue weighted by molar-refractivity contribution is 14.1. The monoisotopic (exact) mass is 675 g/mol. The molecule has 2 aliphatic carbocycles. The number of aliphatic hydroxyl groups is 1. The van der Waals surface area contributed by atoms with Gasteiger partial charge in [0.15, 0.2) is 0 Å². The summed E-state index contributed by atoms with van der Waals surface area (Å²) in [5, 5.41) is 18.4. The second kappa shape index (κ2) is 12.5. The number of urea groups is 1. The summed E-state index contributed by atoms with van der Waals surface area (Å²) >= 11 is 2.27. The van der Waals surface area contributed by atoms with Crippen LogP contribution in [0.25, 0.3) is 0 Å². The summed E-state index contributed by atoms with van der Waals surface area (Å²) in [5.74, 6) is -2.80. The molecule has 0 spiro atoms. The standard InChI is InChI=1S/C28H46IN5O6/c1-26(2,3)21(32-25(40)33-28(15-35)11-6-7-12-28)24(39)34-13-10-17(27(4,5)29)19(34)23(38)31-18(14-16-8-9-16)20(36)22(30)37/h16-19,21,35H,6-15H2,1-5H3,(H2,30,37)(H,31,38)(H2,32,33,40)/t17-,18?,19?,21?/m0/s1. The quantitative estimate of drug-likeness (QED) is 0.127. The van der Waals surface area contributed by atoms with Crippen LogP contribution in [0.15, 0.2) is 0 Å². The molecular weight excluding hydrogens is 629 g/mol. The number of carbonyl (C=O) groups excluding carboxylic acids is 5. The topological polar surface area (TPSA) is 171 Å². The third kappa shape index (κ3) is 7.86. The Balaban J connectivity index is 1.85. The van der Waals surface area contributed by atoms with E-state index in [4.69, 9.17) is 5.73 Å². The molecule has 0 aromatic carbocycles. The molecule has 5 amide bonds. The van der Waals surface area contributed by atoms with E-state index in [1.54, 1.807) is 0 Å². The lowest BCUT2D eigenvalue weighted by Gasteiger charge is -2.39. The molecule has 3 rings (SSSR count). The fourth-order valence-corrected chi connectivity index (χ4v) is 6.68. The van der Waals surface area contributed by atoms with E-state index in [0.717, 1.165) is 25.7 Å². The Morgan fingerprint density at radius 1 is 1.02 bits per heavy atom. The van der Waals surface area contributed by atoms with Crippen LogP contribution in [0.3, 0.4) is 0 Å². The summed E-state index contributed by atoms with van der Waals surface area (Å²) in [7, 11) is 0. The summed E-state index contributed by atoms with van der Waals surface area (Å²) in [6.45, 7) is 9.64. The number of rotatable bonds is 11. The summed E-state index contributed by atoms with van der Waals surface area (Å²) in [5.41, 5.74) is 3.89.